The number of benzene rings is 1. The molecule has 25 heavy (non-hydrogen) atoms. The van der Waals surface area contributed by atoms with Crippen molar-refractivity contribution in [3.05, 3.63) is 47.8 Å². The summed E-state index contributed by atoms with van der Waals surface area (Å²) in [6, 6.07) is 10.1. The lowest BCUT2D eigenvalue weighted by Gasteiger charge is -2.29. The van der Waals surface area contributed by atoms with Gasteiger partial charge in [-0.2, -0.15) is 0 Å². The summed E-state index contributed by atoms with van der Waals surface area (Å²) < 4.78 is 0. The molecule has 0 bridgehead atoms. The van der Waals surface area contributed by atoms with E-state index in [1.165, 1.54) is 18.4 Å². The molecular weight excluding hydrogens is 312 g/mol. The smallest absolute Gasteiger partial charge is 0.272 e. The van der Waals surface area contributed by atoms with Crippen molar-refractivity contribution in [3.63, 3.8) is 0 Å². The van der Waals surface area contributed by atoms with Gasteiger partial charge in [-0.05, 0) is 43.4 Å². The molecule has 0 saturated carbocycles. The third-order valence-corrected chi connectivity index (χ3v) is 5.11. The van der Waals surface area contributed by atoms with Crippen molar-refractivity contribution in [1.82, 2.24) is 14.9 Å². The second kappa shape index (κ2) is 7.21. The monoisotopic (exact) mass is 336 g/mol. The summed E-state index contributed by atoms with van der Waals surface area (Å²) in [5.74, 6) is 0.670. The number of carbonyl (C=O) groups is 1. The Labute approximate surface area is 148 Å². The highest BCUT2D eigenvalue weighted by molar-refractivity contribution is 5.92. The number of nitrogens with zero attached hydrogens (tertiary/aromatic N) is 4. The highest BCUT2D eigenvalue weighted by atomic mass is 16.2. The molecule has 1 fully saturated rings. The summed E-state index contributed by atoms with van der Waals surface area (Å²) in [6.45, 7) is 2.56. The molecule has 0 aliphatic carbocycles. The number of fused-ring (bicyclic) bond motifs is 1. The van der Waals surface area contributed by atoms with Crippen LogP contribution in [0.4, 0.5) is 11.6 Å². The molecule has 1 amide bonds. The molecule has 3 heterocycles. The van der Waals surface area contributed by atoms with Gasteiger partial charge in [0.15, 0.2) is 0 Å². The van der Waals surface area contributed by atoms with Crippen LogP contribution < -0.4 is 4.90 Å². The van der Waals surface area contributed by atoms with Crippen molar-refractivity contribution in [1.29, 1.82) is 0 Å². The largest absolute Gasteiger partial charge is 0.337 e. The molecule has 4 rings (SSSR count). The van der Waals surface area contributed by atoms with E-state index >= 15 is 0 Å². The number of hydrogen-bond donors (Lipinski definition) is 0. The fourth-order valence-electron chi connectivity index (χ4n) is 3.77. The second-order valence-corrected chi connectivity index (χ2v) is 6.83. The summed E-state index contributed by atoms with van der Waals surface area (Å²) in [7, 11) is 0. The van der Waals surface area contributed by atoms with E-state index in [9.17, 15) is 4.79 Å². The Morgan fingerprint density at radius 1 is 0.920 bits per heavy atom. The first-order chi connectivity index (χ1) is 12.3. The van der Waals surface area contributed by atoms with Crippen LogP contribution in [0.5, 0.6) is 0 Å². The van der Waals surface area contributed by atoms with Crippen molar-refractivity contribution in [2.75, 3.05) is 24.5 Å². The normalized spacial score (nSPS) is 17.8. The van der Waals surface area contributed by atoms with Crippen LogP contribution in [-0.4, -0.2) is 40.4 Å². The molecule has 5 nitrogen and oxygen atoms in total. The molecule has 2 aromatic rings. The third kappa shape index (κ3) is 3.36. The van der Waals surface area contributed by atoms with E-state index in [0.717, 1.165) is 51.0 Å². The maximum Gasteiger partial charge on any atom is 0.272 e. The summed E-state index contributed by atoms with van der Waals surface area (Å²) >= 11 is 0. The van der Waals surface area contributed by atoms with Crippen LogP contribution in [0.25, 0.3) is 0 Å². The van der Waals surface area contributed by atoms with E-state index in [2.05, 4.69) is 33.1 Å². The average Bonchev–Trinajstić information content (AvgIpc) is 2.96. The molecule has 0 spiro atoms. The zero-order chi connectivity index (χ0) is 17.1. The van der Waals surface area contributed by atoms with Crippen LogP contribution in [0.3, 0.4) is 0 Å². The van der Waals surface area contributed by atoms with E-state index in [-0.39, 0.29) is 5.91 Å². The molecule has 1 aromatic heterocycles. The van der Waals surface area contributed by atoms with Crippen molar-refractivity contribution in [2.24, 2.45) is 0 Å². The first kappa shape index (κ1) is 16.1. The lowest BCUT2D eigenvalue weighted by molar-refractivity contribution is 0.0755. The Balaban J connectivity index is 1.61. The topological polar surface area (TPSA) is 49.3 Å². The number of carbonyl (C=O) groups excluding carboxylic acids is 1. The van der Waals surface area contributed by atoms with Gasteiger partial charge in [-0.15, -0.1) is 0 Å². The maximum absolute atomic E-state index is 12.9. The number of hydrogen-bond acceptors (Lipinski definition) is 4. The molecule has 0 N–H and O–H groups in total. The number of para-hydroxylation sites is 1. The number of aromatic nitrogens is 2. The summed E-state index contributed by atoms with van der Waals surface area (Å²) in [6.07, 6.45) is 8.47. The molecule has 0 atom stereocenters. The Kier molecular flexibility index (Phi) is 4.63. The van der Waals surface area contributed by atoms with Gasteiger partial charge in [0, 0.05) is 31.5 Å². The molecule has 1 aromatic carbocycles. The van der Waals surface area contributed by atoms with Gasteiger partial charge in [0.2, 0.25) is 5.95 Å². The lowest BCUT2D eigenvalue weighted by atomic mass is 10.0. The maximum atomic E-state index is 12.9. The minimum atomic E-state index is 0.0378. The van der Waals surface area contributed by atoms with E-state index in [0.29, 0.717) is 11.6 Å². The number of likely N-dealkylation sites (tertiary alicyclic amines) is 1. The minimum absolute atomic E-state index is 0.0378. The summed E-state index contributed by atoms with van der Waals surface area (Å²) in [4.78, 5) is 26.0. The van der Waals surface area contributed by atoms with Gasteiger partial charge in [-0.25, -0.2) is 9.97 Å². The van der Waals surface area contributed by atoms with Crippen LogP contribution in [0.2, 0.25) is 0 Å². The Morgan fingerprint density at radius 3 is 2.56 bits per heavy atom. The van der Waals surface area contributed by atoms with Crippen LogP contribution in [-0.2, 0) is 6.42 Å². The highest BCUT2D eigenvalue weighted by Crippen LogP contribution is 2.31. The van der Waals surface area contributed by atoms with Gasteiger partial charge in [0.25, 0.3) is 5.91 Å². The molecule has 2 aliphatic heterocycles. The fraction of sp³-hybridized carbons (Fsp3) is 0.450. The van der Waals surface area contributed by atoms with Crippen molar-refractivity contribution in [2.45, 2.75) is 38.5 Å². The number of anilines is 2. The van der Waals surface area contributed by atoms with Gasteiger partial charge >= 0.3 is 0 Å². The number of rotatable bonds is 2. The van der Waals surface area contributed by atoms with E-state index in [4.69, 9.17) is 0 Å². The van der Waals surface area contributed by atoms with Crippen LogP contribution in [0, 0.1) is 0 Å². The molecule has 130 valence electrons. The zero-order valence-electron chi connectivity index (χ0n) is 14.5. The van der Waals surface area contributed by atoms with Gasteiger partial charge in [0.05, 0.1) is 0 Å². The van der Waals surface area contributed by atoms with Crippen molar-refractivity contribution < 1.29 is 4.79 Å². The summed E-state index contributed by atoms with van der Waals surface area (Å²) in [5.41, 5.74) is 2.99. The molecule has 5 heteroatoms. The average molecular weight is 336 g/mol. The molecule has 0 unspecified atom stereocenters. The minimum Gasteiger partial charge on any atom is -0.337 e. The molecular formula is C20H24N4O. The third-order valence-electron chi connectivity index (χ3n) is 5.11. The quantitative estimate of drug-likeness (QED) is 0.841. The standard InChI is InChI=1S/C20H24N4O/c25-19(23-13-5-1-2-6-14-23)17-11-12-21-20(22-17)24-15-7-9-16-8-3-4-10-18(16)24/h3-4,8,10-12H,1-2,5-7,9,13-15H2. The predicted octanol–water partition coefficient (Wildman–Crippen LogP) is 3.58. The Hall–Kier alpha value is -2.43. The van der Waals surface area contributed by atoms with Gasteiger partial charge < -0.3 is 9.80 Å². The zero-order valence-corrected chi connectivity index (χ0v) is 14.5. The SMILES string of the molecule is O=C(c1ccnc(N2CCCc3ccccc32)n1)N1CCCCCC1. The van der Waals surface area contributed by atoms with Crippen LogP contribution >= 0.6 is 0 Å². The van der Waals surface area contributed by atoms with E-state index in [1.54, 1.807) is 12.3 Å². The first-order valence-electron chi connectivity index (χ1n) is 9.31. The predicted molar refractivity (Wildman–Crippen MR) is 98.2 cm³/mol. The van der Waals surface area contributed by atoms with Gasteiger partial charge in [0.1, 0.15) is 5.69 Å². The van der Waals surface area contributed by atoms with Gasteiger partial charge in [-0.3, -0.25) is 4.79 Å². The van der Waals surface area contributed by atoms with Gasteiger partial charge in [-0.1, -0.05) is 31.0 Å². The molecule has 0 radical (unpaired) electrons. The second-order valence-electron chi connectivity index (χ2n) is 6.83. The number of aryl methyl sites for hydroxylation is 1. The Morgan fingerprint density at radius 2 is 1.72 bits per heavy atom. The highest BCUT2D eigenvalue weighted by Gasteiger charge is 2.23. The van der Waals surface area contributed by atoms with E-state index in [1.807, 2.05) is 11.0 Å². The fourth-order valence-corrected chi connectivity index (χ4v) is 3.77. The van der Waals surface area contributed by atoms with Crippen LogP contribution in [0.15, 0.2) is 36.5 Å². The van der Waals surface area contributed by atoms with Crippen LogP contribution in [0.1, 0.15) is 48.2 Å². The number of amides is 1. The molecule has 1 saturated heterocycles. The van der Waals surface area contributed by atoms with Crippen molar-refractivity contribution in [3.8, 4) is 0 Å². The lowest BCUT2D eigenvalue weighted by Crippen LogP contribution is -2.33. The van der Waals surface area contributed by atoms with Crippen molar-refractivity contribution >= 4 is 17.5 Å². The summed E-state index contributed by atoms with van der Waals surface area (Å²) in [5, 5.41) is 0. The Bertz CT molecular complexity index is 753. The van der Waals surface area contributed by atoms with E-state index < -0.39 is 0 Å². The molecule has 2 aliphatic rings. The first-order valence-corrected chi connectivity index (χ1v) is 9.31.